The Hall–Kier alpha value is -1.93. The number of hydrogen-bond donors (Lipinski definition) is 1. The Balaban J connectivity index is 1.58. The molecule has 8 heteroatoms. The third-order valence-electron chi connectivity index (χ3n) is 3.54. The number of hydrogen-bond acceptors (Lipinski definition) is 5. The Labute approximate surface area is 147 Å². The fourth-order valence-electron chi connectivity index (χ4n) is 2.38. The predicted octanol–water partition coefficient (Wildman–Crippen LogP) is 2.92. The van der Waals surface area contributed by atoms with E-state index >= 15 is 0 Å². The largest absolute Gasteiger partial charge is 0.336 e. The molecule has 5 nitrogen and oxygen atoms in total. The van der Waals surface area contributed by atoms with Gasteiger partial charge in [-0.1, -0.05) is 11.3 Å². The maximum atomic E-state index is 12.9. The number of carbonyl (C=O) groups excluding carboxylic acids is 2. The van der Waals surface area contributed by atoms with Crippen molar-refractivity contribution in [2.75, 3.05) is 17.6 Å². The molecule has 0 spiro atoms. The minimum Gasteiger partial charge on any atom is -0.336 e. The Morgan fingerprint density at radius 1 is 1.38 bits per heavy atom. The first-order valence-corrected chi connectivity index (χ1v) is 9.24. The highest BCUT2D eigenvalue weighted by Gasteiger charge is 2.24. The topological polar surface area (TPSA) is 62.3 Å². The summed E-state index contributed by atoms with van der Waals surface area (Å²) in [6.45, 7) is 2.59. The summed E-state index contributed by atoms with van der Waals surface area (Å²) in [5, 5.41) is 3.27. The van der Waals surface area contributed by atoms with Crippen LogP contribution >= 0.6 is 23.1 Å². The van der Waals surface area contributed by atoms with Crippen LogP contribution in [0.3, 0.4) is 0 Å². The summed E-state index contributed by atoms with van der Waals surface area (Å²) in [6, 6.07) is 6.12. The Kier molecular flexibility index (Phi) is 5.15. The average molecular weight is 365 g/mol. The number of aromatic nitrogens is 1. The molecule has 0 saturated carbocycles. The van der Waals surface area contributed by atoms with Gasteiger partial charge in [0.15, 0.2) is 5.13 Å². The number of benzene rings is 1. The highest BCUT2D eigenvalue weighted by molar-refractivity contribution is 8.00. The number of nitrogens with one attached hydrogen (secondary N) is 1. The molecule has 2 heterocycles. The zero-order chi connectivity index (χ0) is 17.1. The summed E-state index contributed by atoms with van der Waals surface area (Å²) in [4.78, 5) is 31.6. The standard InChI is InChI=1S/C16H16FN3O2S2/c1-10(21)18-16-19-13-6-7-20(8-14(13)24-16)15(22)9-23-12-4-2-11(17)3-5-12/h2-5H,6-9H2,1H3,(H,18,19,21). The van der Waals surface area contributed by atoms with Crippen molar-refractivity contribution in [3.8, 4) is 0 Å². The average Bonchev–Trinajstić information content (AvgIpc) is 2.94. The molecule has 2 aromatic rings. The highest BCUT2D eigenvalue weighted by atomic mass is 32.2. The fourth-order valence-corrected chi connectivity index (χ4v) is 4.25. The van der Waals surface area contributed by atoms with E-state index in [0.717, 1.165) is 15.5 Å². The molecule has 0 unspecified atom stereocenters. The zero-order valence-electron chi connectivity index (χ0n) is 13.0. The van der Waals surface area contributed by atoms with Crippen LogP contribution in [-0.2, 0) is 22.6 Å². The molecular formula is C16H16FN3O2S2. The molecule has 1 aliphatic rings. The maximum absolute atomic E-state index is 12.9. The molecule has 0 radical (unpaired) electrons. The Morgan fingerprint density at radius 3 is 2.83 bits per heavy atom. The highest BCUT2D eigenvalue weighted by Crippen LogP contribution is 2.29. The molecule has 1 aromatic carbocycles. The first kappa shape index (κ1) is 16.9. The summed E-state index contributed by atoms with van der Waals surface area (Å²) in [5.74, 6) is -0.0678. The van der Waals surface area contributed by atoms with Crippen LogP contribution < -0.4 is 5.32 Å². The molecule has 3 rings (SSSR count). The van der Waals surface area contributed by atoms with E-state index in [-0.39, 0.29) is 17.6 Å². The lowest BCUT2D eigenvalue weighted by atomic mass is 10.2. The summed E-state index contributed by atoms with van der Waals surface area (Å²) in [6.07, 6.45) is 0.693. The van der Waals surface area contributed by atoms with Gasteiger partial charge in [-0.15, -0.1) is 11.8 Å². The van der Waals surface area contributed by atoms with E-state index in [9.17, 15) is 14.0 Å². The second-order valence-electron chi connectivity index (χ2n) is 5.38. The first-order valence-electron chi connectivity index (χ1n) is 7.43. The molecule has 0 saturated heterocycles. The van der Waals surface area contributed by atoms with E-state index in [2.05, 4.69) is 10.3 Å². The first-order chi connectivity index (χ1) is 11.5. The zero-order valence-corrected chi connectivity index (χ0v) is 14.7. The molecule has 1 aromatic heterocycles. The van der Waals surface area contributed by atoms with Crippen LogP contribution in [0.1, 0.15) is 17.5 Å². The van der Waals surface area contributed by atoms with Crippen LogP contribution in [0.15, 0.2) is 29.2 Å². The van der Waals surface area contributed by atoms with Crippen LogP contribution in [0.25, 0.3) is 0 Å². The van der Waals surface area contributed by atoms with E-state index in [4.69, 9.17) is 0 Å². The van der Waals surface area contributed by atoms with Crippen LogP contribution in [0.5, 0.6) is 0 Å². The van der Waals surface area contributed by atoms with Gasteiger partial charge in [0, 0.05) is 29.7 Å². The summed E-state index contributed by atoms with van der Waals surface area (Å²) < 4.78 is 12.9. The summed E-state index contributed by atoms with van der Waals surface area (Å²) in [5.41, 5.74) is 0.957. The van der Waals surface area contributed by atoms with Crippen molar-refractivity contribution in [2.24, 2.45) is 0 Å². The second kappa shape index (κ2) is 7.31. The quantitative estimate of drug-likeness (QED) is 0.847. The molecule has 0 atom stereocenters. The third kappa shape index (κ3) is 4.12. The van der Waals surface area contributed by atoms with Gasteiger partial charge in [0.2, 0.25) is 11.8 Å². The smallest absolute Gasteiger partial charge is 0.233 e. The number of thioether (sulfide) groups is 1. The molecule has 24 heavy (non-hydrogen) atoms. The molecule has 0 fully saturated rings. The van der Waals surface area contributed by atoms with E-state index in [1.807, 2.05) is 0 Å². The van der Waals surface area contributed by atoms with Gasteiger partial charge in [-0.25, -0.2) is 9.37 Å². The molecule has 2 amide bonds. The van der Waals surface area contributed by atoms with Crippen molar-refractivity contribution in [1.82, 2.24) is 9.88 Å². The van der Waals surface area contributed by atoms with Crippen LogP contribution in [0.2, 0.25) is 0 Å². The molecule has 1 N–H and O–H groups in total. The van der Waals surface area contributed by atoms with E-state index in [0.29, 0.717) is 30.4 Å². The van der Waals surface area contributed by atoms with Crippen molar-refractivity contribution in [2.45, 2.75) is 24.8 Å². The van der Waals surface area contributed by atoms with Gasteiger partial charge in [-0.3, -0.25) is 9.59 Å². The number of carbonyl (C=O) groups is 2. The number of anilines is 1. The third-order valence-corrected chi connectivity index (χ3v) is 5.54. The van der Waals surface area contributed by atoms with E-state index in [1.165, 1.54) is 42.2 Å². The summed E-state index contributed by atoms with van der Waals surface area (Å²) >= 11 is 2.81. The molecular weight excluding hydrogens is 349 g/mol. The normalized spacial score (nSPS) is 13.5. The number of amides is 2. The Bertz CT molecular complexity index is 761. The molecule has 0 bridgehead atoms. The van der Waals surface area contributed by atoms with Gasteiger partial charge in [0.05, 0.1) is 18.0 Å². The van der Waals surface area contributed by atoms with Gasteiger partial charge >= 0.3 is 0 Å². The number of fused-ring (bicyclic) bond motifs is 1. The van der Waals surface area contributed by atoms with Gasteiger partial charge in [0.25, 0.3) is 0 Å². The SMILES string of the molecule is CC(=O)Nc1nc2c(s1)CN(C(=O)CSc1ccc(F)cc1)CC2. The van der Waals surface area contributed by atoms with E-state index in [1.54, 1.807) is 17.0 Å². The minimum absolute atomic E-state index is 0.0458. The second-order valence-corrected chi connectivity index (χ2v) is 7.51. The van der Waals surface area contributed by atoms with Gasteiger partial charge in [-0.05, 0) is 24.3 Å². The van der Waals surface area contributed by atoms with Crippen LogP contribution in [0.4, 0.5) is 9.52 Å². The maximum Gasteiger partial charge on any atom is 0.233 e. The van der Waals surface area contributed by atoms with Crippen LogP contribution in [-0.4, -0.2) is 34.0 Å². The van der Waals surface area contributed by atoms with Gasteiger partial charge in [-0.2, -0.15) is 0 Å². The molecule has 126 valence electrons. The van der Waals surface area contributed by atoms with Crippen molar-refractivity contribution in [3.05, 3.63) is 40.7 Å². The van der Waals surface area contributed by atoms with Crippen molar-refractivity contribution < 1.29 is 14.0 Å². The number of rotatable bonds is 4. The van der Waals surface area contributed by atoms with Gasteiger partial charge in [0.1, 0.15) is 5.82 Å². The lowest BCUT2D eigenvalue weighted by Crippen LogP contribution is -2.36. The lowest BCUT2D eigenvalue weighted by molar-refractivity contribution is -0.129. The van der Waals surface area contributed by atoms with Crippen molar-refractivity contribution >= 4 is 40.0 Å². The number of thiazole rings is 1. The molecule has 0 aliphatic carbocycles. The Morgan fingerprint density at radius 2 is 2.12 bits per heavy atom. The van der Waals surface area contributed by atoms with Crippen LogP contribution in [0, 0.1) is 5.82 Å². The van der Waals surface area contributed by atoms with Crippen molar-refractivity contribution in [1.29, 1.82) is 0 Å². The molecule has 1 aliphatic heterocycles. The minimum atomic E-state index is -0.283. The van der Waals surface area contributed by atoms with E-state index < -0.39 is 0 Å². The summed E-state index contributed by atoms with van der Waals surface area (Å²) in [7, 11) is 0. The fraction of sp³-hybridized carbons (Fsp3) is 0.312. The van der Waals surface area contributed by atoms with Gasteiger partial charge < -0.3 is 10.2 Å². The number of nitrogens with zero attached hydrogens (tertiary/aromatic N) is 2. The lowest BCUT2D eigenvalue weighted by Gasteiger charge is -2.26. The van der Waals surface area contributed by atoms with Crippen molar-refractivity contribution in [3.63, 3.8) is 0 Å². The number of halogens is 1. The monoisotopic (exact) mass is 365 g/mol. The predicted molar refractivity (Wildman–Crippen MR) is 92.7 cm³/mol.